The van der Waals surface area contributed by atoms with E-state index in [-0.39, 0.29) is 23.1 Å². The molecule has 1 spiro atoms. The second-order valence-electron chi connectivity index (χ2n) is 8.96. The summed E-state index contributed by atoms with van der Waals surface area (Å²) in [7, 11) is 3.24. The van der Waals surface area contributed by atoms with Crippen LogP contribution < -0.4 is 10.2 Å². The van der Waals surface area contributed by atoms with Crippen LogP contribution >= 0.6 is 0 Å². The number of carbonyl (C=O) groups excluding carboxylic acids is 2. The molecule has 2 saturated heterocycles. The van der Waals surface area contributed by atoms with Gasteiger partial charge in [-0.1, -0.05) is 0 Å². The highest BCUT2D eigenvalue weighted by atomic mass is 19.4. The number of halogens is 3. The van der Waals surface area contributed by atoms with Crippen molar-refractivity contribution in [3.05, 3.63) is 47.5 Å². The first-order chi connectivity index (χ1) is 16.1. The van der Waals surface area contributed by atoms with Crippen LogP contribution in [0.15, 0.2) is 30.6 Å². The first-order valence-electron chi connectivity index (χ1n) is 10.9. The van der Waals surface area contributed by atoms with Crippen molar-refractivity contribution in [2.75, 3.05) is 31.6 Å². The van der Waals surface area contributed by atoms with Gasteiger partial charge in [-0.3, -0.25) is 9.59 Å². The van der Waals surface area contributed by atoms with E-state index in [1.54, 1.807) is 28.8 Å². The summed E-state index contributed by atoms with van der Waals surface area (Å²) < 4.78 is 41.8. The molecule has 0 saturated carbocycles. The number of nitriles is 1. The minimum absolute atomic E-state index is 0.247. The summed E-state index contributed by atoms with van der Waals surface area (Å²) in [6.07, 6.45) is 0.296. The van der Waals surface area contributed by atoms with Crippen molar-refractivity contribution in [3.63, 3.8) is 0 Å². The van der Waals surface area contributed by atoms with Crippen molar-refractivity contribution < 1.29 is 22.8 Å². The molecule has 2 aliphatic heterocycles. The molecule has 2 aromatic rings. The summed E-state index contributed by atoms with van der Waals surface area (Å²) in [5.74, 6) is -0.313. The van der Waals surface area contributed by atoms with Gasteiger partial charge < -0.3 is 19.7 Å². The van der Waals surface area contributed by atoms with Crippen LogP contribution in [0, 0.1) is 16.7 Å². The van der Waals surface area contributed by atoms with Crippen LogP contribution in [-0.4, -0.2) is 59.0 Å². The second kappa shape index (κ2) is 8.66. The van der Waals surface area contributed by atoms with Gasteiger partial charge in [0, 0.05) is 51.8 Å². The maximum absolute atomic E-state index is 13.4. The van der Waals surface area contributed by atoms with Crippen LogP contribution in [0.4, 0.5) is 18.9 Å². The van der Waals surface area contributed by atoms with E-state index in [0.29, 0.717) is 44.6 Å². The fourth-order valence-electron chi connectivity index (χ4n) is 5.03. The molecule has 0 bridgehead atoms. The van der Waals surface area contributed by atoms with Gasteiger partial charge in [-0.25, -0.2) is 4.98 Å². The van der Waals surface area contributed by atoms with Crippen LogP contribution in [0.5, 0.6) is 0 Å². The maximum Gasteiger partial charge on any atom is 0.417 e. The highest BCUT2D eigenvalue weighted by Crippen LogP contribution is 2.45. The Hall–Kier alpha value is -3.55. The third kappa shape index (κ3) is 4.20. The minimum Gasteiger partial charge on any atom is -0.371 e. The maximum atomic E-state index is 13.4. The number of carbonyl (C=O) groups is 2. The molecule has 180 valence electrons. The molecule has 1 N–H and O–H groups in total. The topological polar surface area (TPSA) is 94.3 Å². The Balaban J connectivity index is 1.54. The number of aromatic nitrogens is 2. The van der Waals surface area contributed by atoms with Gasteiger partial charge in [0.2, 0.25) is 5.91 Å². The first kappa shape index (κ1) is 23.6. The number of imidazole rings is 1. The summed E-state index contributed by atoms with van der Waals surface area (Å²) in [6, 6.07) is 4.73. The Bertz CT molecular complexity index is 1140. The third-order valence-corrected chi connectivity index (χ3v) is 6.95. The lowest BCUT2D eigenvalue weighted by atomic mass is 9.76. The molecule has 0 radical (unpaired) electrons. The number of nitrogens with one attached hydrogen (secondary N) is 1. The number of hydrogen-bond donors (Lipinski definition) is 1. The van der Waals surface area contributed by atoms with Gasteiger partial charge in [0.25, 0.3) is 5.91 Å². The Morgan fingerprint density at radius 1 is 1.26 bits per heavy atom. The normalized spacial score (nSPS) is 19.8. The molecule has 1 aromatic carbocycles. The van der Waals surface area contributed by atoms with Crippen LogP contribution in [0.2, 0.25) is 0 Å². The van der Waals surface area contributed by atoms with Gasteiger partial charge in [0.05, 0.1) is 17.2 Å². The number of anilines is 1. The number of alkyl halides is 3. The van der Waals surface area contributed by atoms with Crippen molar-refractivity contribution in [2.45, 2.75) is 31.5 Å². The molecule has 0 aliphatic carbocycles. The quantitative estimate of drug-likeness (QED) is 0.738. The predicted molar refractivity (Wildman–Crippen MR) is 117 cm³/mol. The minimum atomic E-state index is -4.61. The van der Waals surface area contributed by atoms with E-state index in [2.05, 4.69) is 10.3 Å². The van der Waals surface area contributed by atoms with Crippen LogP contribution in [0.3, 0.4) is 0 Å². The molecule has 3 heterocycles. The molecule has 1 aromatic heterocycles. The third-order valence-electron chi connectivity index (χ3n) is 6.95. The molecular formula is C23H25F3N6O2. The van der Waals surface area contributed by atoms with Crippen molar-refractivity contribution in [3.8, 4) is 6.07 Å². The van der Waals surface area contributed by atoms with Gasteiger partial charge in [-0.2, -0.15) is 18.4 Å². The molecule has 11 heteroatoms. The fraction of sp³-hybridized carbons (Fsp3) is 0.478. The fourth-order valence-corrected chi connectivity index (χ4v) is 5.03. The average Bonchev–Trinajstić information content (AvgIpc) is 3.41. The zero-order chi connectivity index (χ0) is 24.7. The Morgan fingerprint density at radius 3 is 2.53 bits per heavy atom. The lowest BCUT2D eigenvalue weighted by Crippen LogP contribution is -2.46. The lowest BCUT2D eigenvalue weighted by molar-refractivity contribution is -0.137. The number of hydrogen-bond acceptors (Lipinski definition) is 5. The van der Waals surface area contributed by atoms with Crippen LogP contribution in [0.1, 0.15) is 41.0 Å². The molecule has 8 nitrogen and oxygen atoms in total. The van der Waals surface area contributed by atoms with Crippen molar-refractivity contribution in [1.29, 1.82) is 5.26 Å². The Kier molecular flexibility index (Phi) is 6.02. The average molecular weight is 474 g/mol. The highest BCUT2D eigenvalue weighted by Gasteiger charge is 2.50. The zero-order valence-corrected chi connectivity index (χ0v) is 18.9. The van der Waals surface area contributed by atoms with Crippen LogP contribution in [0.25, 0.3) is 0 Å². The summed E-state index contributed by atoms with van der Waals surface area (Å²) >= 11 is 0. The van der Waals surface area contributed by atoms with E-state index in [0.717, 1.165) is 6.07 Å². The van der Waals surface area contributed by atoms with Gasteiger partial charge >= 0.3 is 6.18 Å². The summed E-state index contributed by atoms with van der Waals surface area (Å²) in [4.78, 5) is 33.3. The van der Waals surface area contributed by atoms with E-state index < -0.39 is 23.3 Å². The number of piperidine rings is 1. The van der Waals surface area contributed by atoms with Gasteiger partial charge in [0.15, 0.2) is 5.82 Å². The van der Waals surface area contributed by atoms with E-state index in [1.807, 2.05) is 4.90 Å². The zero-order valence-electron chi connectivity index (χ0n) is 18.9. The van der Waals surface area contributed by atoms with Gasteiger partial charge in [-0.05, 0) is 42.9 Å². The SMILES string of the molecule is CNC(=O)C1CC2(CCN(c3ccc(C#N)c(C(F)(F)F)c3)CC2)CN1C(=O)c1nccn1C. The molecule has 4 rings (SSSR count). The van der Waals surface area contributed by atoms with E-state index in [4.69, 9.17) is 5.26 Å². The number of likely N-dealkylation sites (tertiary alicyclic amines) is 1. The first-order valence-corrected chi connectivity index (χ1v) is 10.9. The number of rotatable bonds is 3. The lowest BCUT2D eigenvalue weighted by Gasteiger charge is -2.40. The second-order valence-corrected chi connectivity index (χ2v) is 8.96. The van der Waals surface area contributed by atoms with E-state index >= 15 is 0 Å². The predicted octanol–water partition coefficient (Wildman–Crippen LogP) is 2.56. The molecule has 34 heavy (non-hydrogen) atoms. The smallest absolute Gasteiger partial charge is 0.371 e. The number of likely N-dealkylation sites (N-methyl/N-ethyl adjacent to an activating group) is 1. The largest absolute Gasteiger partial charge is 0.417 e. The summed E-state index contributed by atoms with van der Waals surface area (Å²) in [6.45, 7) is 1.34. The number of nitrogens with zero attached hydrogens (tertiary/aromatic N) is 5. The van der Waals surface area contributed by atoms with Crippen LogP contribution in [-0.2, 0) is 18.0 Å². The summed E-state index contributed by atoms with van der Waals surface area (Å²) in [5, 5.41) is 11.7. The molecule has 2 amide bonds. The molecular weight excluding hydrogens is 449 g/mol. The van der Waals surface area contributed by atoms with Gasteiger partial charge in [-0.15, -0.1) is 0 Å². The number of amides is 2. The monoisotopic (exact) mass is 474 g/mol. The number of benzene rings is 1. The number of aryl methyl sites for hydroxylation is 1. The Labute approximate surface area is 195 Å². The van der Waals surface area contributed by atoms with Crippen molar-refractivity contribution in [2.24, 2.45) is 12.5 Å². The van der Waals surface area contributed by atoms with E-state index in [9.17, 15) is 22.8 Å². The molecule has 2 aliphatic rings. The standard InChI is InChI=1S/C23H25F3N6O2/c1-28-20(33)18-12-22(14-32(18)21(34)19-29-7-10-30(19)2)5-8-31(9-6-22)16-4-3-15(13-27)17(11-16)23(24,25)26/h3-4,7,10-11,18H,5-6,8-9,12,14H2,1-2H3,(H,28,33). The summed E-state index contributed by atoms with van der Waals surface area (Å²) in [5.41, 5.74) is -1.26. The Morgan fingerprint density at radius 2 is 1.97 bits per heavy atom. The molecule has 1 unspecified atom stereocenters. The van der Waals surface area contributed by atoms with Crippen molar-refractivity contribution >= 4 is 17.5 Å². The van der Waals surface area contributed by atoms with Gasteiger partial charge in [0.1, 0.15) is 6.04 Å². The molecule has 2 fully saturated rings. The van der Waals surface area contributed by atoms with Crippen molar-refractivity contribution in [1.82, 2.24) is 19.8 Å². The van der Waals surface area contributed by atoms with E-state index in [1.165, 1.54) is 25.4 Å². The highest BCUT2D eigenvalue weighted by molar-refractivity contribution is 5.95. The molecule has 1 atom stereocenters.